The van der Waals surface area contributed by atoms with Crippen LogP contribution < -0.4 is 15.5 Å². The van der Waals surface area contributed by atoms with E-state index >= 15 is 0 Å². The molecule has 4 fully saturated rings. The molecule has 0 radical (unpaired) electrons. The van der Waals surface area contributed by atoms with Gasteiger partial charge in [-0.1, -0.05) is 23.7 Å². The molecule has 3 atom stereocenters. The van der Waals surface area contributed by atoms with Gasteiger partial charge >= 0.3 is 0 Å². The van der Waals surface area contributed by atoms with Crippen molar-refractivity contribution >= 4 is 63.9 Å². The molecular formula is C40H50ClN7O4S. The van der Waals surface area contributed by atoms with Gasteiger partial charge in [0.05, 0.1) is 28.7 Å². The van der Waals surface area contributed by atoms with E-state index in [0.29, 0.717) is 52.4 Å². The van der Waals surface area contributed by atoms with Crippen LogP contribution in [0, 0.1) is 17.2 Å². The van der Waals surface area contributed by atoms with Crippen molar-refractivity contribution in [1.29, 1.82) is 5.26 Å². The first-order valence-electron chi connectivity index (χ1n) is 18.9. The van der Waals surface area contributed by atoms with Gasteiger partial charge in [0.2, 0.25) is 17.7 Å². The number of piperazine rings is 1. The van der Waals surface area contributed by atoms with Gasteiger partial charge in [0.15, 0.2) is 5.11 Å². The predicted molar refractivity (Wildman–Crippen MR) is 209 cm³/mol. The largest absolute Gasteiger partial charge is 0.331 e. The number of piperidine rings is 1. The Morgan fingerprint density at radius 3 is 2.32 bits per heavy atom. The first-order chi connectivity index (χ1) is 25.3. The number of hydrogen-bond acceptors (Lipinski definition) is 8. The first-order valence-corrected chi connectivity index (χ1v) is 19.6. The summed E-state index contributed by atoms with van der Waals surface area (Å²) in [6, 6.07) is 15.1. The Kier molecular flexibility index (Phi) is 11.9. The third-order valence-electron chi connectivity index (χ3n) is 11.7. The van der Waals surface area contributed by atoms with Gasteiger partial charge in [0.25, 0.3) is 5.91 Å². The molecule has 1 unspecified atom stereocenters. The van der Waals surface area contributed by atoms with E-state index in [1.54, 1.807) is 23.1 Å². The van der Waals surface area contributed by atoms with E-state index < -0.39 is 5.54 Å². The normalized spacial score (nSPS) is 26.8. The Morgan fingerprint density at radius 2 is 1.70 bits per heavy atom. The molecule has 0 aromatic heterocycles. The molecule has 2 aromatic carbocycles. The second-order valence-electron chi connectivity index (χ2n) is 15.7. The van der Waals surface area contributed by atoms with Crippen LogP contribution >= 0.6 is 23.8 Å². The molecule has 2 aromatic rings. The van der Waals surface area contributed by atoms with Crippen molar-refractivity contribution in [3.8, 4) is 6.07 Å². The highest BCUT2D eigenvalue weighted by atomic mass is 35.5. The van der Waals surface area contributed by atoms with Crippen LogP contribution in [-0.2, 0) is 19.2 Å². The molecule has 0 spiro atoms. The fraction of sp³-hybridized carbons (Fsp3) is 0.550. The number of rotatable bonds is 10. The van der Waals surface area contributed by atoms with Crippen LogP contribution in [0.1, 0.15) is 96.1 Å². The van der Waals surface area contributed by atoms with Gasteiger partial charge in [0, 0.05) is 43.3 Å². The first kappa shape index (κ1) is 38.8. The smallest absolute Gasteiger partial charge is 0.258 e. The summed E-state index contributed by atoms with van der Waals surface area (Å²) in [5.41, 5.74) is 1.72. The summed E-state index contributed by atoms with van der Waals surface area (Å²) >= 11 is 12.2. The van der Waals surface area contributed by atoms with Crippen LogP contribution in [0.2, 0.25) is 5.02 Å². The lowest BCUT2D eigenvalue weighted by molar-refractivity contribution is -0.134. The number of hydrogen-bond donors (Lipinski definition) is 2. The van der Waals surface area contributed by atoms with E-state index in [-0.39, 0.29) is 47.7 Å². The standard InChI is InChI=1S/C40H50ClN7O4S/c1-25-22-45(23-26(2)46(25)24-36(50)43-30-12-9-28(10-13-30)33-17-18-35(49)44-37(33)51)19-5-6-27-7-14-31(15-8-27)48-39(53)47(38(52)40(48,3)4)32-16-11-29(21-42)34(41)20-32/h9-13,16,20,25-27,31,33H,5-8,14-15,17-19,22-24H2,1-4H3,(H,43,50)(H,44,49,51)/t25-,26+,27?,31?,33?. The molecule has 6 rings (SSSR count). The zero-order valence-electron chi connectivity index (χ0n) is 31.1. The fourth-order valence-corrected chi connectivity index (χ4v) is 9.60. The number of carbonyl (C=O) groups is 4. The summed E-state index contributed by atoms with van der Waals surface area (Å²) in [7, 11) is 0. The maximum atomic E-state index is 13.6. The van der Waals surface area contributed by atoms with E-state index in [1.165, 1.54) is 6.42 Å². The summed E-state index contributed by atoms with van der Waals surface area (Å²) in [4.78, 5) is 58.9. The molecule has 2 N–H and O–H groups in total. The van der Waals surface area contributed by atoms with Gasteiger partial charge in [-0.25, -0.2) is 0 Å². The van der Waals surface area contributed by atoms with Crippen molar-refractivity contribution in [2.45, 2.75) is 109 Å². The fourth-order valence-electron chi connectivity index (χ4n) is 8.82. The number of nitriles is 1. The third kappa shape index (κ3) is 8.44. The SMILES string of the molecule is C[C@@H]1CN(CCCC2CCC(N3C(=S)N(c4ccc(C#N)c(Cl)c4)C(=O)C3(C)C)CC2)C[C@H](C)N1CC(=O)Nc1ccc(C2CCC(=O)NC2=O)cc1. The Labute approximate surface area is 323 Å². The van der Waals surface area contributed by atoms with Crippen molar-refractivity contribution in [1.82, 2.24) is 20.0 Å². The number of benzene rings is 2. The Morgan fingerprint density at radius 1 is 1.02 bits per heavy atom. The molecule has 0 bridgehead atoms. The number of anilines is 2. The summed E-state index contributed by atoms with van der Waals surface area (Å²) < 4.78 is 0. The molecule has 4 amide bonds. The third-order valence-corrected chi connectivity index (χ3v) is 12.4. The van der Waals surface area contributed by atoms with Crippen molar-refractivity contribution in [2.75, 3.05) is 36.4 Å². The minimum absolute atomic E-state index is 0.0599. The second kappa shape index (κ2) is 16.2. The highest BCUT2D eigenvalue weighted by Gasteiger charge is 2.52. The maximum Gasteiger partial charge on any atom is 0.258 e. The average molecular weight is 760 g/mol. The summed E-state index contributed by atoms with van der Waals surface area (Å²) in [5.74, 6) is -0.335. The highest BCUT2D eigenvalue weighted by Crippen LogP contribution is 2.40. The molecular weight excluding hydrogens is 710 g/mol. The topological polar surface area (TPSA) is 129 Å². The van der Waals surface area contributed by atoms with E-state index in [0.717, 1.165) is 57.3 Å². The van der Waals surface area contributed by atoms with Crippen LogP contribution in [-0.4, -0.2) is 93.3 Å². The molecule has 4 aliphatic rings. The van der Waals surface area contributed by atoms with E-state index in [1.807, 2.05) is 38.1 Å². The van der Waals surface area contributed by atoms with Gasteiger partial charge in [-0.3, -0.25) is 34.3 Å². The summed E-state index contributed by atoms with van der Waals surface area (Å²) in [6.07, 6.45) is 7.31. The molecule has 282 valence electrons. The minimum atomic E-state index is -0.768. The molecule has 1 aliphatic carbocycles. The van der Waals surface area contributed by atoms with Gasteiger partial charge in [-0.2, -0.15) is 5.26 Å². The minimum Gasteiger partial charge on any atom is -0.331 e. The van der Waals surface area contributed by atoms with E-state index in [4.69, 9.17) is 23.8 Å². The summed E-state index contributed by atoms with van der Waals surface area (Å²) in [6.45, 7) is 11.5. The van der Waals surface area contributed by atoms with E-state index in [9.17, 15) is 24.4 Å². The zero-order valence-corrected chi connectivity index (χ0v) is 32.6. The molecule has 3 heterocycles. The molecule has 1 saturated carbocycles. The molecule has 53 heavy (non-hydrogen) atoms. The maximum absolute atomic E-state index is 13.6. The van der Waals surface area contributed by atoms with Crippen molar-refractivity contribution in [3.63, 3.8) is 0 Å². The lowest BCUT2D eigenvalue weighted by Gasteiger charge is -2.44. The summed E-state index contributed by atoms with van der Waals surface area (Å²) in [5, 5.41) is 15.5. The monoisotopic (exact) mass is 759 g/mol. The van der Waals surface area contributed by atoms with Crippen molar-refractivity contribution < 1.29 is 19.2 Å². The number of imide groups is 1. The number of amides is 4. The van der Waals surface area contributed by atoms with Crippen LogP contribution in [0.15, 0.2) is 42.5 Å². The van der Waals surface area contributed by atoms with Crippen molar-refractivity contribution in [3.05, 3.63) is 58.6 Å². The quantitative estimate of drug-likeness (QED) is 0.228. The number of thiocarbonyl (C=S) groups is 1. The molecule has 13 heteroatoms. The molecule has 3 saturated heterocycles. The van der Waals surface area contributed by atoms with Crippen LogP contribution in [0.25, 0.3) is 0 Å². The average Bonchev–Trinajstić information content (AvgIpc) is 3.29. The zero-order chi connectivity index (χ0) is 38.0. The van der Waals surface area contributed by atoms with Crippen LogP contribution in [0.4, 0.5) is 11.4 Å². The Hall–Kier alpha value is -3.89. The van der Waals surface area contributed by atoms with E-state index in [2.05, 4.69) is 45.3 Å². The molecule has 3 aliphatic heterocycles. The second-order valence-corrected chi connectivity index (χ2v) is 16.5. The number of halogens is 1. The predicted octanol–water partition coefficient (Wildman–Crippen LogP) is 5.82. The lowest BCUT2D eigenvalue weighted by atomic mass is 9.82. The number of nitrogens with zero attached hydrogens (tertiary/aromatic N) is 5. The van der Waals surface area contributed by atoms with Gasteiger partial charge in [-0.05, 0) is 133 Å². The number of carbonyl (C=O) groups excluding carboxylic acids is 4. The Bertz CT molecular complexity index is 1780. The highest BCUT2D eigenvalue weighted by molar-refractivity contribution is 7.80. The number of nitrogens with one attached hydrogen (secondary N) is 2. The van der Waals surface area contributed by atoms with Gasteiger partial charge in [0.1, 0.15) is 11.6 Å². The van der Waals surface area contributed by atoms with Crippen LogP contribution in [0.3, 0.4) is 0 Å². The van der Waals surface area contributed by atoms with Gasteiger partial charge < -0.3 is 15.1 Å². The van der Waals surface area contributed by atoms with Crippen molar-refractivity contribution in [2.24, 2.45) is 5.92 Å². The Balaban J connectivity index is 0.926. The lowest BCUT2D eigenvalue weighted by Crippen LogP contribution is -2.58. The van der Waals surface area contributed by atoms with Gasteiger partial charge in [-0.15, -0.1) is 0 Å². The van der Waals surface area contributed by atoms with Crippen LogP contribution in [0.5, 0.6) is 0 Å². The molecule has 11 nitrogen and oxygen atoms in total.